The zero-order chi connectivity index (χ0) is 15.3. The van der Waals surface area contributed by atoms with Crippen LogP contribution in [-0.4, -0.2) is 36.6 Å². The second-order valence-electron chi connectivity index (χ2n) is 3.91. The molecule has 1 unspecified atom stereocenters. The Bertz CT molecular complexity index is 631. The molecule has 0 saturated carbocycles. The highest BCUT2D eigenvalue weighted by Gasteiger charge is 2.14. The number of benzene rings is 1. The zero-order valence-electron chi connectivity index (χ0n) is 10.8. The fourth-order valence-electron chi connectivity index (χ4n) is 1.38. The Labute approximate surface area is 119 Å². The molecule has 0 aliphatic carbocycles. The van der Waals surface area contributed by atoms with Crippen molar-refractivity contribution in [1.82, 2.24) is 5.32 Å². The van der Waals surface area contributed by atoms with E-state index in [0.29, 0.717) is 5.75 Å². The van der Waals surface area contributed by atoms with Gasteiger partial charge in [-0.15, -0.1) is 0 Å². The Balaban J connectivity index is 2.83. The summed E-state index contributed by atoms with van der Waals surface area (Å²) in [5.41, 5.74) is -0.156. The van der Waals surface area contributed by atoms with Crippen molar-refractivity contribution in [3.63, 3.8) is 0 Å². The van der Waals surface area contributed by atoms with E-state index >= 15 is 0 Å². The number of hydrogen-bond donors (Lipinski definition) is 2. The second-order valence-corrected chi connectivity index (χ2v) is 7.34. The fraction of sp³-hybridized carbons (Fsp3) is 0.364. The molecular weight excluding hydrogens is 307 g/mol. The van der Waals surface area contributed by atoms with Gasteiger partial charge in [0.15, 0.2) is 0 Å². The van der Waals surface area contributed by atoms with E-state index in [9.17, 15) is 21.8 Å². The molecule has 20 heavy (non-hydrogen) atoms. The lowest BCUT2D eigenvalue weighted by Crippen LogP contribution is -2.28. The van der Waals surface area contributed by atoms with Crippen LogP contribution in [0.25, 0.3) is 0 Å². The summed E-state index contributed by atoms with van der Waals surface area (Å²) in [4.78, 5) is 11.3. The lowest BCUT2D eigenvalue weighted by Gasteiger charge is -2.06. The van der Waals surface area contributed by atoms with Crippen molar-refractivity contribution in [3.05, 3.63) is 29.6 Å². The first-order valence-electron chi connectivity index (χ1n) is 5.70. The minimum atomic E-state index is -4.09. The summed E-state index contributed by atoms with van der Waals surface area (Å²) in [7, 11) is -5.12. The van der Waals surface area contributed by atoms with Crippen LogP contribution in [0.3, 0.4) is 0 Å². The minimum Gasteiger partial charge on any atom is -0.351 e. The van der Waals surface area contributed by atoms with Crippen LogP contribution >= 0.6 is 0 Å². The van der Waals surface area contributed by atoms with Gasteiger partial charge in [-0.3, -0.25) is 9.00 Å². The van der Waals surface area contributed by atoms with E-state index < -0.39 is 37.4 Å². The number of nitrogens with one attached hydrogen (secondary N) is 1. The maximum atomic E-state index is 13.3. The van der Waals surface area contributed by atoms with Crippen molar-refractivity contribution >= 4 is 26.7 Å². The molecule has 0 fully saturated rings. The first kappa shape index (κ1) is 16.7. The number of sulfonamides is 1. The van der Waals surface area contributed by atoms with Crippen LogP contribution in [0.15, 0.2) is 23.1 Å². The molecule has 1 aromatic rings. The third-order valence-corrected chi connectivity index (χ3v) is 4.60. The molecule has 9 heteroatoms. The second kappa shape index (κ2) is 6.91. The molecular formula is C11H15FN2O4S2. The summed E-state index contributed by atoms with van der Waals surface area (Å²) in [6.45, 7) is 1.91. The van der Waals surface area contributed by atoms with Gasteiger partial charge in [0.05, 0.1) is 4.90 Å². The average molecular weight is 322 g/mol. The first-order valence-corrected chi connectivity index (χ1v) is 8.74. The quantitative estimate of drug-likeness (QED) is 0.767. The van der Waals surface area contributed by atoms with Crippen molar-refractivity contribution in [3.8, 4) is 0 Å². The molecule has 0 spiro atoms. The number of rotatable bonds is 6. The van der Waals surface area contributed by atoms with Crippen molar-refractivity contribution < 1.29 is 21.8 Å². The molecule has 1 aromatic carbocycles. The third-order valence-electron chi connectivity index (χ3n) is 2.40. The molecule has 3 N–H and O–H groups in total. The van der Waals surface area contributed by atoms with E-state index in [1.54, 1.807) is 6.92 Å². The molecule has 0 saturated heterocycles. The van der Waals surface area contributed by atoms with Gasteiger partial charge in [0, 0.05) is 34.4 Å². The summed E-state index contributed by atoms with van der Waals surface area (Å²) in [6.07, 6.45) is 0. The van der Waals surface area contributed by atoms with Gasteiger partial charge >= 0.3 is 0 Å². The summed E-state index contributed by atoms with van der Waals surface area (Å²) in [5.74, 6) is -0.772. The van der Waals surface area contributed by atoms with Gasteiger partial charge in [-0.05, 0) is 18.2 Å². The van der Waals surface area contributed by atoms with Crippen LogP contribution in [-0.2, 0) is 20.8 Å². The summed E-state index contributed by atoms with van der Waals surface area (Å²) in [5, 5.41) is 7.32. The lowest BCUT2D eigenvalue weighted by molar-refractivity contribution is 0.0955. The normalized spacial score (nSPS) is 12.9. The zero-order valence-corrected chi connectivity index (χ0v) is 12.4. The standard InChI is InChI=1S/C11H15FN2O4S2/c1-2-19(16)4-3-14-11(15)8-5-9(12)7-10(6-8)20(13,17)18/h5-7H,2-4H2,1H3,(H,14,15)(H2,13,17,18). The van der Waals surface area contributed by atoms with Gasteiger partial charge in [0.25, 0.3) is 5.91 Å². The Morgan fingerprint density at radius 1 is 1.40 bits per heavy atom. The van der Waals surface area contributed by atoms with Crippen LogP contribution in [0, 0.1) is 5.82 Å². The Morgan fingerprint density at radius 2 is 2.05 bits per heavy atom. The van der Waals surface area contributed by atoms with E-state index in [4.69, 9.17) is 5.14 Å². The Kier molecular flexibility index (Phi) is 5.78. The molecule has 0 aliphatic rings. The monoisotopic (exact) mass is 322 g/mol. The van der Waals surface area contributed by atoms with Crippen molar-refractivity contribution in [2.75, 3.05) is 18.1 Å². The number of primary sulfonamides is 1. The van der Waals surface area contributed by atoms with Crippen LogP contribution in [0.1, 0.15) is 17.3 Å². The highest BCUT2D eigenvalue weighted by molar-refractivity contribution is 7.89. The largest absolute Gasteiger partial charge is 0.351 e. The number of hydrogen-bond acceptors (Lipinski definition) is 4. The van der Waals surface area contributed by atoms with E-state index in [0.717, 1.165) is 18.2 Å². The van der Waals surface area contributed by atoms with Crippen molar-refractivity contribution in [2.45, 2.75) is 11.8 Å². The maximum Gasteiger partial charge on any atom is 0.251 e. The molecule has 112 valence electrons. The first-order chi connectivity index (χ1) is 9.24. The molecule has 1 amide bonds. The number of carbonyl (C=O) groups is 1. The predicted molar refractivity (Wildman–Crippen MR) is 73.7 cm³/mol. The van der Waals surface area contributed by atoms with Gasteiger partial charge in [0.1, 0.15) is 5.82 Å². The topological polar surface area (TPSA) is 106 Å². The van der Waals surface area contributed by atoms with Crippen LogP contribution < -0.4 is 10.5 Å². The van der Waals surface area contributed by atoms with E-state index in [1.807, 2.05) is 0 Å². The van der Waals surface area contributed by atoms with Gasteiger partial charge in [-0.25, -0.2) is 17.9 Å². The highest BCUT2D eigenvalue weighted by Crippen LogP contribution is 2.13. The Morgan fingerprint density at radius 3 is 2.60 bits per heavy atom. The molecule has 0 heterocycles. The number of amides is 1. The van der Waals surface area contributed by atoms with Gasteiger partial charge in [0.2, 0.25) is 10.0 Å². The number of nitrogens with two attached hydrogens (primary N) is 1. The smallest absolute Gasteiger partial charge is 0.251 e. The van der Waals surface area contributed by atoms with Crippen molar-refractivity contribution in [2.24, 2.45) is 5.14 Å². The van der Waals surface area contributed by atoms with Crippen molar-refractivity contribution in [1.29, 1.82) is 0 Å². The lowest BCUT2D eigenvalue weighted by atomic mass is 10.2. The van der Waals surface area contributed by atoms with E-state index in [-0.39, 0.29) is 17.9 Å². The van der Waals surface area contributed by atoms with Crippen LogP contribution in [0.2, 0.25) is 0 Å². The molecule has 1 rings (SSSR count). The van der Waals surface area contributed by atoms with E-state index in [2.05, 4.69) is 5.32 Å². The van der Waals surface area contributed by atoms with Gasteiger partial charge in [-0.2, -0.15) is 0 Å². The van der Waals surface area contributed by atoms with Crippen LogP contribution in [0.4, 0.5) is 4.39 Å². The highest BCUT2D eigenvalue weighted by atomic mass is 32.2. The number of halogens is 1. The maximum absolute atomic E-state index is 13.3. The van der Waals surface area contributed by atoms with Gasteiger partial charge < -0.3 is 5.32 Å². The van der Waals surface area contributed by atoms with Gasteiger partial charge in [-0.1, -0.05) is 6.92 Å². The third kappa shape index (κ3) is 4.99. The Hall–Kier alpha value is -1.32. The minimum absolute atomic E-state index is 0.153. The fourth-order valence-corrected chi connectivity index (χ4v) is 2.57. The molecule has 0 radical (unpaired) electrons. The molecule has 1 atom stereocenters. The molecule has 6 nitrogen and oxygen atoms in total. The SMILES string of the molecule is CCS(=O)CCNC(=O)c1cc(F)cc(S(N)(=O)=O)c1. The predicted octanol–water partition coefficient (Wildman–Crippen LogP) is -0.0285. The van der Waals surface area contributed by atoms with Crippen LogP contribution in [0.5, 0.6) is 0 Å². The molecule has 0 bridgehead atoms. The summed E-state index contributed by atoms with van der Waals surface area (Å²) < 4.78 is 46.7. The molecule has 0 aromatic heterocycles. The average Bonchev–Trinajstić information content (AvgIpc) is 2.36. The summed E-state index contributed by atoms with van der Waals surface area (Å²) >= 11 is 0. The molecule has 0 aliphatic heterocycles. The van der Waals surface area contributed by atoms with E-state index in [1.165, 1.54) is 0 Å². The summed E-state index contributed by atoms with van der Waals surface area (Å²) in [6, 6.07) is 2.63. The number of carbonyl (C=O) groups excluding carboxylic acids is 1.